The molecule has 4 rings (SSSR count). The maximum Gasteiger partial charge on any atom is 0.303 e. The summed E-state index contributed by atoms with van der Waals surface area (Å²) in [4.78, 5) is 18.4. The van der Waals surface area contributed by atoms with Gasteiger partial charge in [-0.05, 0) is 105 Å². The highest BCUT2D eigenvalue weighted by Crippen LogP contribution is 2.33. The van der Waals surface area contributed by atoms with E-state index in [4.69, 9.17) is 16.3 Å². The number of fused-ring (bicyclic) bond motifs is 1. The van der Waals surface area contributed by atoms with E-state index >= 15 is 0 Å². The first-order valence-electron chi connectivity index (χ1n) is 12.8. The van der Waals surface area contributed by atoms with E-state index < -0.39 is 5.97 Å². The van der Waals surface area contributed by atoms with Crippen molar-refractivity contribution in [3.05, 3.63) is 52.5 Å². The molecule has 194 valence electrons. The Morgan fingerprint density at radius 2 is 2.11 bits per heavy atom. The number of carboxylic acid groups (broad SMARTS) is 1. The number of benzene rings is 1. The number of hydrogen-bond donors (Lipinski definition) is 1. The summed E-state index contributed by atoms with van der Waals surface area (Å²) in [5.41, 5.74) is 2.31. The molecule has 3 aromatic rings. The molecule has 5 nitrogen and oxygen atoms in total. The van der Waals surface area contributed by atoms with E-state index in [1.54, 1.807) is 18.4 Å². The summed E-state index contributed by atoms with van der Waals surface area (Å²) in [5, 5.41) is 10.5. The van der Waals surface area contributed by atoms with Gasteiger partial charge in [-0.1, -0.05) is 11.6 Å². The first-order chi connectivity index (χ1) is 17.5. The van der Waals surface area contributed by atoms with E-state index in [1.807, 2.05) is 36.2 Å². The number of piperidine rings is 1. The first kappa shape index (κ1) is 27.2. The number of nitrogens with zero attached hydrogens (tertiary/aromatic N) is 2. The van der Waals surface area contributed by atoms with Gasteiger partial charge in [0.15, 0.2) is 0 Å². The van der Waals surface area contributed by atoms with Crippen molar-refractivity contribution in [2.24, 2.45) is 11.8 Å². The van der Waals surface area contributed by atoms with Gasteiger partial charge < -0.3 is 14.7 Å². The molecule has 8 heteroatoms. The van der Waals surface area contributed by atoms with Crippen LogP contribution in [0, 0.1) is 11.8 Å². The van der Waals surface area contributed by atoms with Crippen LogP contribution in [-0.4, -0.2) is 53.5 Å². The number of pyridine rings is 1. The number of aliphatic carboxylic acids is 1. The minimum Gasteiger partial charge on any atom is -0.497 e. The number of thiophene rings is 1. The predicted molar refractivity (Wildman–Crippen MR) is 151 cm³/mol. The van der Waals surface area contributed by atoms with Crippen molar-refractivity contribution in [1.82, 2.24) is 9.88 Å². The standard InChI is InChI=1S/C28H35ClN2O3S2/c1-34-23-7-8-25-24(18-23)21(12-14-30-25)5-2-4-20-13-16-31(19-22(20)6-10-27(32)33)15-3-17-35-28-11-9-26(29)36-28/h7-9,11-12,14,18,20,22H,2-6,10,13,15-17,19H2,1H3,(H,32,33)/t20-,22+/m1/s1. The van der Waals surface area contributed by atoms with E-state index in [0.717, 1.165) is 84.9 Å². The quantitative estimate of drug-likeness (QED) is 0.180. The van der Waals surface area contributed by atoms with E-state index in [2.05, 4.69) is 28.1 Å². The molecule has 0 saturated carbocycles. The Balaban J connectivity index is 1.28. The molecule has 0 amide bonds. The van der Waals surface area contributed by atoms with Crippen LogP contribution in [0.2, 0.25) is 4.34 Å². The average molecular weight is 547 g/mol. The summed E-state index contributed by atoms with van der Waals surface area (Å²) in [6, 6.07) is 12.2. The Labute approximate surface area is 227 Å². The molecular weight excluding hydrogens is 512 g/mol. The van der Waals surface area contributed by atoms with Crippen LogP contribution in [0.3, 0.4) is 0 Å². The Kier molecular flexibility index (Phi) is 10.3. The van der Waals surface area contributed by atoms with E-state index in [0.29, 0.717) is 11.8 Å². The van der Waals surface area contributed by atoms with Crippen molar-refractivity contribution in [2.45, 2.75) is 49.2 Å². The molecule has 1 N–H and O–H groups in total. The third kappa shape index (κ3) is 7.85. The Morgan fingerprint density at radius 3 is 2.89 bits per heavy atom. The molecule has 1 fully saturated rings. The minimum absolute atomic E-state index is 0.263. The molecule has 2 aromatic heterocycles. The number of carboxylic acids is 1. The number of thioether (sulfide) groups is 1. The number of aromatic nitrogens is 1. The zero-order chi connectivity index (χ0) is 25.3. The second-order valence-corrected chi connectivity index (χ2v) is 12.7. The van der Waals surface area contributed by atoms with Crippen LogP contribution in [0.1, 0.15) is 44.1 Å². The van der Waals surface area contributed by atoms with Crippen molar-refractivity contribution in [1.29, 1.82) is 0 Å². The van der Waals surface area contributed by atoms with Crippen LogP contribution in [0.5, 0.6) is 5.75 Å². The molecule has 36 heavy (non-hydrogen) atoms. The van der Waals surface area contributed by atoms with Gasteiger partial charge >= 0.3 is 5.97 Å². The van der Waals surface area contributed by atoms with E-state index in [9.17, 15) is 9.90 Å². The highest BCUT2D eigenvalue weighted by molar-refractivity contribution is 8.01. The van der Waals surface area contributed by atoms with Crippen LogP contribution in [0.25, 0.3) is 10.9 Å². The highest BCUT2D eigenvalue weighted by atomic mass is 35.5. The average Bonchev–Trinajstić information content (AvgIpc) is 3.30. The lowest BCUT2D eigenvalue weighted by atomic mass is 9.79. The zero-order valence-electron chi connectivity index (χ0n) is 20.8. The lowest BCUT2D eigenvalue weighted by molar-refractivity contribution is -0.137. The summed E-state index contributed by atoms with van der Waals surface area (Å²) in [7, 11) is 1.69. The second kappa shape index (κ2) is 13.7. The molecule has 1 aliphatic rings. The molecular formula is C28H35ClN2O3S2. The van der Waals surface area contributed by atoms with Crippen molar-refractivity contribution < 1.29 is 14.6 Å². The van der Waals surface area contributed by atoms with Gasteiger partial charge in [-0.2, -0.15) is 0 Å². The van der Waals surface area contributed by atoms with Crippen molar-refractivity contribution in [3.8, 4) is 5.75 Å². The number of hydrogen-bond acceptors (Lipinski definition) is 6. The van der Waals surface area contributed by atoms with Gasteiger partial charge in [-0.3, -0.25) is 9.78 Å². The van der Waals surface area contributed by atoms with Gasteiger partial charge in [-0.25, -0.2) is 0 Å². The third-order valence-electron chi connectivity index (χ3n) is 7.18. The fourth-order valence-corrected chi connectivity index (χ4v) is 7.60. The van der Waals surface area contributed by atoms with Crippen LogP contribution in [-0.2, 0) is 11.2 Å². The molecule has 1 aliphatic heterocycles. The molecule has 0 unspecified atom stereocenters. The summed E-state index contributed by atoms with van der Waals surface area (Å²) in [5.74, 6) is 2.30. The Bertz CT molecular complexity index is 1140. The van der Waals surface area contributed by atoms with Gasteiger partial charge in [0.25, 0.3) is 0 Å². The van der Waals surface area contributed by atoms with Crippen molar-refractivity contribution in [2.75, 3.05) is 32.5 Å². The van der Waals surface area contributed by atoms with Crippen LogP contribution in [0.15, 0.2) is 46.8 Å². The number of likely N-dealkylation sites (tertiary alicyclic amines) is 1. The Hall–Kier alpha value is -1.80. The summed E-state index contributed by atoms with van der Waals surface area (Å²) >= 11 is 9.55. The molecule has 0 spiro atoms. The summed E-state index contributed by atoms with van der Waals surface area (Å²) in [6.45, 7) is 3.20. The monoisotopic (exact) mass is 546 g/mol. The van der Waals surface area contributed by atoms with Gasteiger partial charge in [0.05, 0.1) is 21.2 Å². The number of halogens is 1. The van der Waals surface area contributed by atoms with Gasteiger partial charge in [0, 0.05) is 30.3 Å². The van der Waals surface area contributed by atoms with Gasteiger partial charge in [0.1, 0.15) is 5.75 Å². The largest absolute Gasteiger partial charge is 0.497 e. The Morgan fingerprint density at radius 1 is 1.22 bits per heavy atom. The highest BCUT2D eigenvalue weighted by Gasteiger charge is 2.29. The molecule has 0 bridgehead atoms. The van der Waals surface area contributed by atoms with Crippen LogP contribution >= 0.6 is 34.7 Å². The van der Waals surface area contributed by atoms with Crippen molar-refractivity contribution in [3.63, 3.8) is 0 Å². The topological polar surface area (TPSA) is 62.7 Å². The van der Waals surface area contributed by atoms with Crippen LogP contribution < -0.4 is 4.74 Å². The molecule has 0 radical (unpaired) electrons. The number of carbonyl (C=O) groups is 1. The number of aryl methyl sites for hydroxylation is 1. The van der Waals surface area contributed by atoms with Gasteiger partial charge in [0.2, 0.25) is 0 Å². The lowest BCUT2D eigenvalue weighted by Crippen LogP contribution is -2.41. The number of ether oxygens (including phenoxy) is 1. The smallest absolute Gasteiger partial charge is 0.303 e. The third-order valence-corrected chi connectivity index (χ3v) is 9.72. The SMILES string of the molecule is COc1ccc2nccc(CCC[C@@H]3CCN(CCCSc4ccc(Cl)s4)C[C@@H]3CCC(=O)O)c2c1. The first-order valence-corrected chi connectivity index (χ1v) is 14.9. The number of rotatable bonds is 13. The van der Waals surface area contributed by atoms with E-state index in [1.165, 1.54) is 9.77 Å². The van der Waals surface area contributed by atoms with E-state index in [-0.39, 0.29) is 6.42 Å². The molecule has 0 aliphatic carbocycles. The molecule has 2 atom stereocenters. The molecule has 1 aromatic carbocycles. The minimum atomic E-state index is -0.686. The lowest BCUT2D eigenvalue weighted by Gasteiger charge is -2.39. The second-order valence-electron chi connectivity index (χ2n) is 9.55. The van der Waals surface area contributed by atoms with Crippen molar-refractivity contribution >= 4 is 51.6 Å². The maximum absolute atomic E-state index is 11.3. The van der Waals surface area contributed by atoms with Gasteiger partial charge in [-0.15, -0.1) is 23.1 Å². The summed E-state index contributed by atoms with van der Waals surface area (Å²) < 4.78 is 7.54. The fraction of sp³-hybridized carbons (Fsp3) is 0.500. The summed E-state index contributed by atoms with van der Waals surface area (Å²) in [6.07, 6.45) is 8.46. The normalized spacial score (nSPS) is 18.5. The molecule has 3 heterocycles. The number of methoxy groups -OCH3 is 1. The predicted octanol–water partition coefficient (Wildman–Crippen LogP) is 7.27. The zero-order valence-corrected chi connectivity index (χ0v) is 23.2. The van der Waals surface area contributed by atoms with Crippen LogP contribution in [0.4, 0.5) is 0 Å². The maximum atomic E-state index is 11.3. The fourth-order valence-electron chi connectivity index (χ4n) is 5.29. The molecule has 1 saturated heterocycles.